The Morgan fingerprint density at radius 1 is 1.11 bits per heavy atom. The summed E-state index contributed by atoms with van der Waals surface area (Å²) in [5.74, 6) is -0.447. The van der Waals surface area contributed by atoms with Crippen LogP contribution in [0.25, 0.3) is 0 Å². The molecule has 0 aliphatic heterocycles. The molecule has 0 heterocycles. The number of carbonyl (C=O) groups excluding carboxylic acids is 2. The summed E-state index contributed by atoms with van der Waals surface area (Å²) in [6.07, 6.45) is 2.29. The highest BCUT2D eigenvalue weighted by Gasteiger charge is 2.12. The summed E-state index contributed by atoms with van der Waals surface area (Å²) < 4.78 is 0.738. The zero-order chi connectivity index (χ0) is 19.8. The van der Waals surface area contributed by atoms with Gasteiger partial charge in [-0.3, -0.25) is 14.9 Å². The third-order valence-electron chi connectivity index (χ3n) is 3.56. The maximum absolute atomic E-state index is 12.3. The van der Waals surface area contributed by atoms with Crippen molar-refractivity contribution in [2.24, 2.45) is 0 Å². The van der Waals surface area contributed by atoms with Crippen molar-refractivity contribution in [3.05, 3.63) is 57.5 Å². The molecule has 0 radical (unpaired) electrons. The Morgan fingerprint density at radius 2 is 1.81 bits per heavy atom. The Balaban J connectivity index is 1.97. The Kier molecular flexibility index (Phi) is 8.22. The first-order valence-electron chi connectivity index (χ1n) is 8.36. The Bertz CT molecular complexity index is 861. The van der Waals surface area contributed by atoms with Gasteiger partial charge in [0.25, 0.3) is 5.91 Å². The number of thiocarbonyl (C=S) groups is 1. The van der Waals surface area contributed by atoms with E-state index < -0.39 is 5.91 Å². The number of rotatable bonds is 6. The van der Waals surface area contributed by atoms with E-state index >= 15 is 0 Å². The second-order valence-corrected chi connectivity index (χ2v) is 7.50. The van der Waals surface area contributed by atoms with Crippen molar-refractivity contribution >= 4 is 68.1 Å². The normalized spacial score (nSPS) is 10.2. The predicted octanol–water partition coefficient (Wildman–Crippen LogP) is 5.36. The van der Waals surface area contributed by atoms with E-state index in [9.17, 15) is 9.59 Å². The third-order valence-corrected chi connectivity index (χ3v) is 4.59. The largest absolute Gasteiger partial charge is 0.332 e. The van der Waals surface area contributed by atoms with Crippen molar-refractivity contribution in [3.8, 4) is 0 Å². The maximum Gasteiger partial charge on any atom is 0.258 e. The lowest BCUT2D eigenvalue weighted by molar-refractivity contribution is -0.116. The first-order chi connectivity index (χ1) is 12.9. The minimum Gasteiger partial charge on any atom is -0.332 e. The van der Waals surface area contributed by atoms with E-state index in [2.05, 4.69) is 31.9 Å². The summed E-state index contributed by atoms with van der Waals surface area (Å²) in [7, 11) is 0. The fourth-order valence-corrected chi connectivity index (χ4v) is 3.01. The third kappa shape index (κ3) is 6.93. The molecular formula is C19H19BrClN3O2S. The molecule has 0 aliphatic rings. The summed E-state index contributed by atoms with van der Waals surface area (Å²) in [6.45, 7) is 2.04. The molecule has 8 heteroatoms. The van der Waals surface area contributed by atoms with E-state index in [4.69, 9.17) is 23.8 Å². The molecule has 5 nitrogen and oxygen atoms in total. The molecule has 2 aromatic rings. The van der Waals surface area contributed by atoms with Crippen molar-refractivity contribution in [2.45, 2.75) is 26.2 Å². The lowest BCUT2D eigenvalue weighted by Crippen LogP contribution is -2.34. The van der Waals surface area contributed by atoms with Crippen LogP contribution >= 0.6 is 39.7 Å². The van der Waals surface area contributed by atoms with Crippen LogP contribution in [0.1, 0.15) is 36.5 Å². The van der Waals surface area contributed by atoms with E-state index in [1.165, 1.54) is 0 Å². The quantitative estimate of drug-likeness (QED) is 0.499. The van der Waals surface area contributed by atoms with Gasteiger partial charge in [0.05, 0.1) is 10.6 Å². The van der Waals surface area contributed by atoms with Gasteiger partial charge in [0.15, 0.2) is 5.11 Å². The molecule has 2 amide bonds. The number of hydrogen-bond acceptors (Lipinski definition) is 3. The first kappa shape index (κ1) is 21.3. The fraction of sp³-hybridized carbons (Fsp3) is 0.211. The van der Waals surface area contributed by atoms with Crippen LogP contribution in [0.15, 0.2) is 46.9 Å². The first-order valence-corrected chi connectivity index (χ1v) is 9.94. The molecule has 0 spiro atoms. The lowest BCUT2D eigenvalue weighted by Gasteiger charge is -2.12. The number of hydrogen-bond donors (Lipinski definition) is 3. The number of amides is 2. The minimum absolute atomic E-state index is 0.0332. The van der Waals surface area contributed by atoms with Crippen LogP contribution in [-0.2, 0) is 4.79 Å². The van der Waals surface area contributed by atoms with Gasteiger partial charge >= 0.3 is 0 Å². The van der Waals surface area contributed by atoms with Crippen LogP contribution in [0, 0.1) is 0 Å². The monoisotopic (exact) mass is 467 g/mol. The van der Waals surface area contributed by atoms with Crippen molar-refractivity contribution in [1.29, 1.82) is 0 Å². The van der Waals surface area contributed by atoms with Crippen molar-refractivity contribution in [2.75, 3.05) is 10.6 Å². The van der Waals surface area contributed by atoms with E-state index in [1.807, 2.05) is 6.92 Å². The van der Waals surface area contributed by atoms with Gasteiger partial charge in [0, 0.05) is 22.3 Å². The number of carbonyl (C=O) groups is 2. The standard InChI is InChI=1S/C19H19BrClN3O2S/c1-2-3-7-17(25)22-13-5-4-6-14(11-13)23-19(27)24-18(26)15-10-12(20)8-9-16(15)21/h4-6,8-11H,2-3,7H2,1H3,(H,22,25)(H2,23,24,26,27). The average molecular weight is 469 g/mol. The second kappa shape index (κ2) is 10.4. The zero-order valence-corrected chi connectivity index (χ0v) is 17.8. The topological polar surface area (TPSA) is 70.2 Å². The molecule has 0 bridgehead atoms. The fourth-order valence-electron chi connectivity index (χ4n) is 2.24. The van der Waals surface area contributed by atoms with Gasteiger partial charge in [-0.05, 0) is 55.0 Å². The minimum atomic E-state index is -0.414. The summed E-state index contributed by atoms with van der Waals surface area (Å²) >= 11 is 14.6. The highest BCUT2D eigenvalue weighted by atomic mass is 79.9. The van der Waals surface area contributed by atoms with E-state index in [0.717, 1.165) is 17.3 Å². The molecular weight excluding hydrogens is 450 g/mol. The van der Waals surface area contributed by atoms with E-state index in [1.54, 1.807) is 42.5 Å². The van der Waals surface area contributed by atoms with Gasteiger partial charge in [0.2, 0.25) is 5.91 Å². The average Bonchev–Trinajstić information content (AvgIpc) is 2.62. The van der Waals surface area contributed by atoms with Crippen LogP contribution in [0.5, 0.6) is 0 Å². The zero-order valence-electron chi connectivity index (χ0n) is 14.6. The van der Waals surface area contributed by atoms with Gasteiger partial charge < -0.3 is 10.6 Å². The smallest absolute Gasteiger partial charge is 0.258 e. The van der Waals surface area contributed by atoms with Gasteiger partial charge in [-0.1, -0.05) is 46.9 Å². The Labute approximate surface area is 177 Å². The Hall–Kier alpha value is -1.96. The van der Waals surface area contributed by atoms with Gasteiger partial charge in [0.1, 0.15) is 0 Å². The van der Waals surface area contributed by atoms with Crippen LogP contribution in [-0.4, -0.2) is 16.9 Å². The summed E-state index contributed by atoms with van der Waals surface area (Å²) in [4.78, 5) is 24.2. The van der Waals surface area contributed by atoms with Crippen molar-refractivity contribution in [1.82, 2.24) is 5.32 Å². The molecule has 0 aromatic heterocycles. The number of anilines is 2. The number of halogens is 2. The van der Waals surface area contributed by atoms with Gasteiger partial charge in [-0.2, -0.15) is 0 Å². The maximum atomic E-state index is 12.3. The van der Waals surface area contributed by atoms with Gasteiger partial charge in [-0.25, -0.2) is 0 Å². The molecule has 0 aliphatic carbocycles. The van der Waals surface area contributed by atoms with Crippen LogP contribution in [0.3, 0.4) is 0 Å². The molecule has 2 aromatic carbocycles. The van der Waals surface area contributed by atoms with E-state index in [0.29, 0.717) is 28.4 Å². The van der Waals surface area contributed by atoms with Crippen LogP contribution < -0.4 is 16.0 Å². The summed E-state index contributed by atoms with van der Waals surface area (Å²) in [5.41, 5.74) is 1.62. The highest BCUT2D eigenvalue weighted by Crippen LogP contribution is 2.21. The van der Waals surface area contributed by atoms with Gasteiger partial charge in [-0.15, -0.1) is 0 Å². The number of nitrogens with one attached hydrogen (secondary N) is 3. The molecule has 27 heavy (non-hydrogen) atoms. The second-order valence-electron chi connectivity index (χ2n) is 5.76. The van der Waals surface area contributed by atoms with Crippen LogP contribution in [0.2, 0.25) is 5.02 Å². The number of benzene rings is 2. The highest BCUT2D eigenvalue weighted by molar-refractivity contribution is 9.10. The Morgan fingerprint density at radius 3 is 2.52 bits per heavy atom. The number of unbranched alkanes of at least 4 members (excludes halogenated alkanes) is 1. The molecule has 0 fully saturated rings. The SMILES string of the molecule is CCCCC(=O)Nc1cccc(NC(=S)NC(=O)c2cc(Br)ccc2Cl)c1. The molecule has 3 N–H and O–H groups in total. The van der Waals surface area contributed by atoms with Crippen LogP contribution in [0.4, 0.5) is 11.4 Å². The molecule has 2 rings (SSSR count). The van der Waals surface area contributed by atoms with E-state index in [-0.39, 0.29) is 11.0 Å². The summed E-state index contributed by atoms with van der Waals surface area (Å²) in [6, 6.07) is 12.1. The van der Waals surface area contributed by atoms with Crippen molar-refractivity contribution < 1.29 is 9.59 Å². The molecule has 0 saturated heterocycles. The predicted molar refractivity (Wildman–Crippen MR) is 117 cm³/mol. The molecule has 0 atom stereocenters. The van der Waals surface area contributed by atoms with Crippen molar-refractivity contribution in [3.63, 3.8) is 0 Å². The summed E-state index contributed by atoms with van der Waals surface area (Å²) in [5, 5.41) is 8.81. The molecule has 0 saturated carbocycles. The lowest BCUT2D eigenvalue weighted by atomic mass is 10.2. The molecule has 142 valence electrons. The molecule has 0 unspecified atom stereocenters.